The Labute approximate surface area is 143 Å². The summed E-state index contributed by atoms with van der Waals surface area (Å²) < 4.78 is 0. The van der Waals surface area contributed by atoms with Crippen LogP contribution in [0.25, 0.3) is 10.9 Å². The molecule has 1 aromatic heterocycles. The molecule has 2 N–H and O–H groups in total. The maximum absolute atomic E-state index is 9.61. The molecule has 3 heteroatoms. The normalized spacial score (nSPS) is 11.2. The predicted octanol–water partition coefficient (Wildman–Crippen LogP) is 4.98. The highest BCUT2D eigenvalue weighted by Crippen LogP contribution is 2.32. The summed E-state index contributed by atoms with van der Waals surface area (Å²) in [5.41, 5.74) is 6.33. The highest BCUT2D eigenvalue weighted by atomic mass is 16.3. The second kappa shape index (κ2) is 7.02. The van der Waals surface area contributed by atoms with Gasteiger partial charge in [-0.05, 0) is 36.5 Å². The van der Waals surface area contributed by atoms with Gasteiger partial charge in [0, 0.05) is 22.8 Å². The van der Waals surface area contributed by atoms with Crippen molar-refractivity contribution in [1.82, 2.24) is 4.98 Å². The molecule has 0 saturated carbocycles. The first kappa shape index (κ1) is 16.5. The number of hydrogen-bond acceptors (Lipinski definition) is 3. The van der Waals surface area contributed by atoms with Gasteiger partial charge < -0.3 is 10.4 Å². The molecule has 2 aromatic carbocycles. The van der Waals surface area contributed by atoms with Crippen molar-refractivity contribution < 1.29 is 5.11 Å². The highest BCUT2D eigenvalue weighted by Gasteiger charge is 2.13. The Balaban J connectivity index is 2.19. The Bertz CT molecular complexity index is 856. The van der Waals surface area contributed by atoms with Gasteiger partial charge in [0.15, 0.2) is 0 Å². The largest absolute Gasteiger partial charge is 0.392 e. The minimum absolute atomic E-state index is 0.00231. The van der Waals surface area contributed by atoms with E-state index >= 15 is 0 Å². The first-order chi connectivity index (χ1) is 11.6. The first-order valence-electron chi connectivity index (χ1n) is 8.43. The second-order valence-corrected chi connectivity index (χ2v) is 6.67. The number of benzene rings is 2. The number of nitrogens with one attached hydrogen (secondary N) is 1. The molecule has 124 valence electrons. The molecule has 0 aliphatic heterocycles. The summed E-state index contributed by atoms with van der Waals surface area (Å²) in [5, 5.41) is 14.3. The molecule has 24 heavy (non-hydrogen) atoms. The number of nitrogens with zero attached hydrogens (tertiary/aromatic N) is 1. The van der Waals surface area contributed by atoms with Crippen molar-refractivity contribution in [2.45, 2.75) is 33.8 Å². The molecule has 0 unspecified atom stereocenters. The molecule has 3 rings (SSSR count). The van der Waals surface area contributed by atoms with Crippen molar-refractivity contribution in [3.05, 3.63) is 65.4 Å². The van der Waals surface area contributed by atoms with Crippen molar-refractivity contribution >= 4 is 22.3 Å². The molecule has 0 aliphatic carbocycles. The van der Waals surface area contributed by atoms with E-state index in [2.05, 4.69) is 49.3 Å². The molecule has 0 bridgehead atoms. The number of aliphatic hydroxyl groups excluding tert-OH is 1. The lowest BCUT2D eigenvalue weighted by Gasteiger charge is -2.18. The fourth-order valence-corrected chi connectivity index (χ4v) is 3.04. The SMILES string of the molecule is Cc1ccccc1Nc1c(CC(C)C)cnc2c(CO)cccc12. The van der Waals surface area contributed by atoms with Gasteiger partial charge in [0.25, 0.3) is 0 Å². The number of para-hydroxylation sites is 2. The van der Waals surface area contributed by atoms with Crippen LogP contribution in [-0.4, -0.2) is 10.1 Å². The Morgan fingerprint density at radius 3 is 2.54 bits per heavy atom. The molecule has 0 fully saturated rings. The number of pyridine rings is 1. The molecule has 0 aliphatic rings. The van der Waals surface area contributed by atoms with Gasteiger partial charge >= 0.3 is 0 Å². The number of rotatable bonds is 5. The molecule has 0 atom stereocenters. The highest BCUT2D eigenvalue weighted by molar-refractivity contribution is 5.96. The molecule has 0 spiro atoms. The third-order valence-electron chi connectivity index (χ3n) is 4.26. The quantitative estimate of drug-likeness (QED) is 0.697. The molecule has 0 radical (unpaired) electrons. The monoisotopic (exact) mass is 320 g/mol. The van der Waals surface area contributed by atoms with E-state index in [1.807, 2.05) is 30.5 Å². The van der Waals surface area contributed by atoms with Gasteiger partial charge in [0.2, 0.25) is 0 Å². The lowest BCUT2D eigenvalue weighted by atomic mass is 9.99. The molecule has 3 nitrogen and oxygen atoms in total. The molecule has 0 saturated heterocycles. The molecular formula is C21H24N2O. The number of aromatic nitrogens is 1. The minimum atomic E-state index is -0.00231. The van der Waals surface area contributed by atoms with E-state index in [1.165, 1.54) is 11.1 Å². The Kier molecular flexibility index (Phi) is 4.81. The Morgan fingerprint density at radius 2 is 1.83 bits per heavy atom. The fourth-order valence-electron chi connectivity index (χ4n) is 3.04. The van der Waals surface area contributed by atoms with Gasteiger partial charge in [-0.25, -0.2) is 0 Å². The summed E-state index contributed by atoms with van der Waals surface area (Å²) in [4.78, 5) is 4.63. The van der Waals surface area contributed by atoms with Gasteiger partial charge in [-0.1, -0.05) is 50.2 Å². The second-order valence-electron chi connectivity index (χ2n) is 6.67. The van der Waals surface area contributed by atoms with E-state index in [-0.39, 0.29) is 6.61 Å². The van der Waals surface area contributed by atoms with E-state index in [0.717, 1.165) is 34.3 Å². The molecule has 1 heterocycles. The van der Waals surface area contributed by atoms with Crippen LogP contribution < -0.4 is 5.32 Å². The average molecular weight is 320 g/mol. The lowest BCUT2D eigenvalue weighted by molar-refractivity contribution is 0.283. The summed E-state index contributed by atoms with van der Waals surface area (Å²) in [5.74, 6) is 0.544. The van der Waals surface area contributed by atoms with Gasteiger partial charge in [-0.2, -0.15) is 0 Å². The van der Waals surface area contributed by atoms with Gasteiger partial charge in [-0.3, -0.25) is 4.98 Å². The van der Waals surface area contributed by atoms with Gasteiger partial charge in [0.05, 0.1) is 17.8 Å². The zero-order chi connectivity index (χ0) is 17.1. The average Bonchev–Trinajstić information content (AvgIpc) is 2.57. The van der Waals surface area contributed by atoms with Crippen LogP contribution in [0, 0.1) is 12.8 Å². The van der Waals surface area contributed by atoms with Gasteiger partial charge in [-0.15, -0.1) is 0 Å². The van der Waals surface area contributed by atoms with Crippen molar-refractivity contribution in [1.29, 1.82) is 0 Å². The van der Waals surface area contributed by atoms with Crippen LogP contribution in [0.15, 0.2) is 48.7 Å². The minimum Gasteiger partial charge on any atom is -0.392 e. The predicted molar refractivity (Wildman–Crippen MR) is 101 cm³/mol. The number of aryl methyl sites for hydroxylation is 1. The number of aliphatic hydroxyl groups is 1. The first-order valence-corrected chi connectivity index (χ1v) is 8.43. The zero-order valence-corrected chi connectivity index (χ0v) is 14.5. The van der Waals surface area contributed by atoms with E-state index in [1.54, 1.807) is 0 Å². The van der Waals surface area contributed by atoms with Crippen molar-refractivity contribution in [2.75, 3.05) is 5.32 Å². The molecule has 3 aromatic rings. The Morgan fingerprint density at radius 1 is 1.04 bits per heavy atom. The van der Waals surface area contributed by atoms with Crippen LogP contribution in [0.2, 0.25) is 0 Å². The van der Waals surface area contributed by atoms with Crippen LogP contribution in [0.4, 0.5) is 11.4 Å². The number of fused-ring (bicyclic) bond motifs is 1. The van der Waals surface area contributed by atoms with Crippen molar-refractivity contribution in [3.63, 3.8) is 0 Å². The summed E-state index contributed by atoms with van der Waals surface area (Å²) in [6.07, 6.45) is 2.91. The topological polar surface area (TPSA) is 45.2 Å². The van der Waals surface area contributed by atoms with Crippen LogP contribution in [0.5, 0.6) is 0 Å². The van der Waals surface area contributed by atoms with Crippen LogP contribution >= 0.6 is 0 Å². The summed E-state index contributed by atoms with van der Waals surface area (Å²) >= 11 is 0. The van der Waals surface area contributed by atoms with E-state index < -0.39 is 0 Å². The van der Waals surface area contributed by atoms with Crippen LogP contribution in [-0.2, 0) is 13.0 Å². The lowest BCUT2D eigenvalue weighted by Crippen LogP contribution is -2.04. The summed E-state index contributed by atoms with van der Waals surface area (Å²) in [6.45, 7) is 6.53. The zero-order valence-electron chi connectivity index (χ0n) is 14.5. The third kappa shape index (κ3) is 3.26. The van der Waals surface area contributed by atoms with Gasteiger partial charge in [0.1, 0.15) is 0 Å². The van der Waals surface area contributed by atoms with Crippen molar-refractivity contribution in [3.8, 4) is 0 Å². The third-order valence-corrected chi connectivity index (χ3v) is 4.26. The maximum Gasteiger partial charge on any atom is 0.0778 e. The van der Waals surface area contributed by atoms with E-state index in [4.69, 9.17) is 0 Å². The van der Waals surface area contributed by atoms with Crippen LogP contribution in [0.1, 0.15) is 30.5 Å². The molecule has 0 amide bonds. The summed E-state index contributed by atoms with van der Waals surface area (Å²) in [6, 6.07) is 14.3. The molecular weight excluding hydrogens is 296 g/mol. The summed E-state index contributed by atoms with van der Waals surface area (Å²) in [7, 11) is 0. The van der Waals surface area contributed by atoms with E-state index in [0.29, 0.717) is 5.92 Å². The number of hydrogen-bond donors (Lipinski definition) is 2. The Hall–Kier alpha value is -2.39. The van der Waals surface area contributed by atoms with Crippen molar-refractivity contribution in [2.24, 2.45) is 5.92 Å². The number of anilines is 2. The van der Waals surface area contributed by atoms with Crippen LogP contribution in [0.3, 0.4) is 0 Å². The standard InChI is InChI=1S/C21H24N2O/c1-14(2)11-17-12-22-20-16(13-24)8-6-9-18(20)21(17)23-19-10-5-4-7-15(19)3/h4-10,12,14,24H,11,13H2,1-3H3,(H,22,23). The fraction of sp³-hybridized carbons (Fsp3) is 0.286. The smallest absolute Gasteiger partial charge is 0.0778 e. The van der Waals surface area contributed by atoms with E-state index in [9.17, 15) is 5.11 Å². The maximum atomic E-state index is 9.61.